The Labute approximate surface area is 191 Å². The van der Waals surface area contributed by atoms with E-state index in [1.165, 1.54) is 16.7 Å². The van der Waals surface area contributed by atoms with E-state index < -0.39 is 40.8 Å². The normalized spacial score (nSPS) is 30.5. The number of Topliss-reactive ketones (excluding diaryl/α,β-unsaturated/α-hetero) is 1. The lowest BCUT2D eigenvalue weighted by molar-refractivity contribution is -0.222. The summed E-state index contributed by atoms with van der Waals surface area (Å²) in [5.74, 6) is -2.66. The first-order valence-electron chi connectivity index (χ1n) is 10.8. The van der Waals surface area contributed by atoms with Gasteiger partial charge in [0.05, 0.1) is 23.1 Å². The fraction of sp³-hybridized carbons (Fsp3) is 0.500. The Hall–Kier alpha value is -2.61. The topological polar surface area (TPSA) is 90.0 Å². The van der Waals surface area contributed by atoms with Crippen molar-refractivity contribution in [1.82, 2.24) is 4.90 Å². The third-order valence-corrected chi connectivity index (χ3v) is 7.81. The lowest BCUT2D eigenvalue weighted by Crippen LogP contribution is -2.76. The van der Waals surface area contributed by atoms with E-state index in [9.17, 15) is 19.2 Å². The molecule has 3 aliphatic rings. The number of amides is 1. The van der Waals surface area contributed by atoms with Crippen molar-refractivity contribution in [3.63, 3.8) is 0 Å². The van der Waals surface area contributed by atoms with Gasteiger partial charge in [-0.05, 0) is 25.5 Å². The molecule has 170 valence electrons. The molecule has 0 N–H and O–H groups in total. The van der Waals surface area contributed by atoms with Crippen LogP contribution in [0.25, 0.3) is 0 Å². The number of hydrogen-bond donors (Lipinski definition) is 0. The molecule has 32 heavy (non-hydrogen) atoms. The van der Waals surface area contributed by atoms with Crippen LogP contribution in [0.15, 0.2) is 42.0 Å². The smallest absolute Gasteiger partial charge is 0.373 e. The molecule has 3 aliphatic heterocycles. The minimum atomic E-state index is -1.74. The predicted molar refractivity (Wildman–Crippen MR) is 118 cm³/mol. The van der Waals surface area contributed by atoms with Crippen LogP contribution in [-0.2, 0) is 35.1 Å². The number of ketones is 1. The predicted octanol–water partition coefficient (Wildman–Crippen LogP) is 2.73. The van der Waals surface area contributed by atoms with Gasteiger partial charge in [-0.3, -0.25) is 19.3 Å². The Morgan fingerprint density at radius 3 is 2.66 bits per heavy atom. The molecule has 0 aromatic heterocycles. The number of rotatable bonds is 7. The van der Waals surface area contributed by atoms with Crippen molar-refractivity contribution >= 4 is 35.4 Å². The third-order valence-electron chi connectivity index (χ3n) is 6.38. The summed E-state index contributed by atoms with van der Waals surface area (Å²) in [5.41, 5.74) is 0.144. The van der Waals surface area contributed by atoms with Crippen LogP contribution < -0.4 is 0 Å². The summed E-state index contributed by atoms with van der Waals surface area (Å²) in [6, 6.07) is 9.38. The van der Waals surface area contributed by atoms with Crippen LogP contribution in [0.4, 0.5) is 0 Å². The second-order valence-electron chi connectivity index (χ2n) is 8.84. The summed E-state index contributed by atoms with van der Waals surface area (Å²) in [6.45, 7) is 5.52. The van der Waals surface area contributed by atoms with Crippen molar-refractivity contribution < 1.29 is 28.7 Å². The molecule has 3 saturated heterocycles. The highest BCUT2D eigenvalue weighted by atomic mass is 32.2. The van der Waals surface area contributed by atoms with E-state index in [0.29, 0.717) is 5.75 Å². The number of β-lactam (4-membered cyclic amide) rings is 1. The molecule has 8 heteroatoms. The number of thioether (sulfide) groups is 1. The number of esters is 2. The molecule has 1 amide bonds. The molecule has 4 rings (SSSR count). The van der Waals surface area contributed by atoms with Crippen molar-refractivity contribution in [3.05, 3.63) is 47.5 Å². The molecule has 5 atom stereocenters. The Bertz CT molecular complexity index is 972. The number of carbonyl (C=O) groups is 4. The summed E-state index contributed by atoms with van der Waals surface area (Å²) in [4.78, 5) is 52.8. The first-order chi connectivity index (χ1) is 15.3. The SMILES string of the molecule is CC(C)=CCOC(=O)[C@]12OC(=O)[C@@H](C)[C@H]1CS[C@@H]1[C@H](CC(=O)Cc3ccccc3)C(=O)N12. The molecular weight excluding hydrogens is 430 g/mol. The van der Waals surface area contributed by atoms with Gasteiger partial charge in [0.1, 0.15) is 12.4 Å². The van der Waals surface area contributed by atoms with Crippen LogP contribution in [0.5, 0.6) is 0 Å². The van der Waals surface area contributed by atoms with Crippen LogP contribution in [0.3, 0.4) is 0 Å². The number of allylic oxidation sites excluding steroid dienone is 1. The van der Waals surface area contributed by atoms with Crippen molar-refractivity contribution in [2.75, 3.05) is 12.4 Å². The van der Waals surface area contributed by atoms with E-state index in [1.54, 1.807) is 13.0 Å². The zero-order chi connectivity index (χ0) is 23.0. The Morgan fingerprint density at radius 1 is 1.25 bits per heavy atom. The molecule has 3 heterocycles. The number of ether oxygens (including phenoxy) is 2. The van der Waals surface area contributed by atoms with E-state index in [2.05, 4.69) is 0 Å². The Kier molecular flexibility index (Phi) is 6.16. The summed E-state index contributed by atoms with van der Waals surface area (Å²) in [6.07, 6.45) is 2.10. The summed E-state index contributed by atoms with van der Waals surface area (Å²) < 4.78 is 11.0. The maximum atomic E-state index is 13.2. The second-order valence-corrected chi connectivity index (χ2v) is 9.99. The lowest BCUT2D eigenvalue weighted by Gasteiger charge is -2.57. The Balaban J connectivity index is 1.52. The molecule has 0 aliphatic carbocycles. The number of hydrogen-bond acceptors (Lipinski definition) is 7. The van der Waals surface area contributed by atoms with Crippen molar-refractivity contribution in [3.8, 4) is 0 Å². The molecule has 0 saturated carbocycles. The van der Waals surface area contributed by atoms with Gasteiger partial charge >= 0.3 is 11.9 Å². The standard InChI is InChI=1S/C24H27NO6S/c1-14(2)9-10-30-23(29)24-19(15(3)22(28)31-24)13-32-21-18(20(27)25(21)24)12-17(26)11-16-7-5-4-6-8-16/h4-9,15,18-19,21H,10-13H2,1-3H3/t15-,18+,19+,21+,24+/m0/s1. The molecule has 3 fully saturated rings. The fourth-order valence-corrected chi connectivity index (χ4v) is 6.36. The Morgan fingerprint density at radius 2 is 1.97 bits per heavy atom. The summed E-state index contributed by atoms with van der Waals surface area (Å²) >= 11 is 1.50. The molecule has 0 radical (unpaired) electrons. The molecule has 0 unspecified atom stereocenters. The molecule has 1 aromatic rings. The molecule has 0 spiro atoms. The highest BCUT2D eigenvalue weighted by Crippen LogP contribution is 2.55. The number of nitrogens with zero attached hydrogens (tertiary/aromatic N) is 1. The monoisotopic (exact) mass is 457 g/mol. The van der Waals surface area contributed by atoms with E-state index in [0.717, 1.165) is 11.1 Å². The second kappa shape index (κ2) is 8.73. The fourth-order valence-electron chi connectivity index (χ4n) is 4.59. The van der Waals surface area contributed by atoms with Crippen LogP contribution in [0, 0.1) is 17.8 Å². The average molecular weight is 458 g/mol. The quantitative estimate of drug-likeness (QED) is 0.353. The maximum absolute atomic E-state index is 13.2. The highest BCUT2D eigenvalue weighted by molar-refractivity contribution is 8.00. The van der Waals surface area contributed by atoms with Crippen LogP contribution in [0.2, 0.25) is 0 Å². The lowest BCUT2D eigenvalue weighted by atomic mass is 9.81. The molecular formula is C24H27NO6S. The average Bonchev–Trinajstić information content (AvgIpc) is 3.02. The van der Waals surface area contributed by atoms with E-state index in [4.69, 9.17) is 9.47 Å². The first-order valence-corrected chi connectivity index (χ1v) is 11.8. The number of carbonyl (C=O) groups excluding carboxylic acids is 4. The van der Waals surface area contributed by atoms with Gasteiger partial charge in [-0.2, -0.15) is 0 Å². The van der Waals surface area contributed by atoms with Crippen molar-refractivity contribution in [1.29, 1.82) is 0 Å². The van der Waals surface area contributed by atoms with Gasteiger partial charge in [-0.1, -0.05) is 42.8 Å². The molecule has 7 nitrogen and oxygen atoms in total. The maximum Gasteiger partial charge on any atom is 0.373 e. The van der Waals surface area contributed by atoms with Gasteiger partial charge < -0.3 is 9.47 Å². The molecule has 1 aromatic carbocycles. The van der Waals surface area contributed by atoms with Crippen LogP contribution >= 0.6 is 11.8 Å². The van der Waals surface area contributed by atoms with Gasteiger partial charge in [0, 0.05) is 18.6 Å². The van der Waals surface area contributed by atoms with Crippen LogP contribution in [0.1, 0.15) is 32.8 Å². The van der Waals surface area contributed by atoms with E-state index in [-0.39, 0.29) is 31.1 Å². The zero-order valence-corrected chi connectivity index (χ0v) is 19.2. The van der Waals surface area contributed by atoms with Crippen LogP contribution in [-0.4, -0.2) is 52.0 Å². The van der Waals surface area contributed by atoms with Gasteiger partial charge in [0.25, 0.3) is 5.72 Å². The number of benzene rings is 1. The zero-order valence-electron chi connectivity index (χ0n) is 18.4. The van der Waals surface area contributed by atoms with Crippen molar-refractivity contribution in [2.45, 2.75) is 44.7 Å². The van der Waals surface area contributed by atoms with E-state index >= 15 is 0 Å². The summed E-state index contributed by atoms with van der Waals surface area (Å²) in [7, 11) is 0. The van der Waals surface area contributed by atoms with Gasteiger partial charge in [0.15, 0.2) is 0 Å². The minimum Gasteiger partial charge on any atom is -0.457 e. The number of fused-ring (bicyclic) bond motifs is 3. The summed E-state index contributed by atoms with van der Waals surface area (Å²) in [5, 5.41) is -0.396. The van der Waals surface area contributed by atoms with E-state index in [1.807, 2.05) is 44.2 Å². The van der Waals surface area contributed by atoms with Gasteiger partial charge in [-0.15, -0.1) is 11.8 Å². The van der Waals surface area contributed by atoms with Crippen molar-refractivity contribution in [2.24, 2.45) is 17.8 Å². The van der Waals surface area contributed by atoms with Gasteiger partial charge in [-0.25, -0.2) is 4.79 Å². The first kappa shape index (κ1) is 22.6. The third kappa shape index (κ3) is 3.74. The largest absolute Gasteiger partial charge is 0.457 e. The minimum absolute atomic E-state index is 0.0334. The van der Waals surface area contributed by atoms with Gasteiger partial charge in [0.2, 0.25) is 5.91 Å². The molecule has 0 bridgehead atoms. The highest BCUT2D eigenvalue weighted by Gasteiger charge is 2.73.